The molecule has 26 heavy (non-hydrogen) atoms. The van der Waals surface area contributed by atoms with Gasteiger partial charge in [0.25, 0.3) is 0 Å². The van der Waals surface area contributed by atoms with E-state index in [-0.39, 0.29) is 5.91 Å². The van der Waals surface area contributed by atoms with Crippen LogP contribution in [-0.2, 0) is 11.2 Å². The predicted octanol–water partition coefficient (Wildman–Crippen LogP) is 2.66. The van der Waals surface area contributed by atoms with E-state index in [1.165, 1.54) is 12.3 Å². The van der Waals surface area contributed by atoms with Gasteiger partial charge < -0.3 is 19.7 Å². The molecule has 0 aromatic carbocycles. The molecular weight excluding hydrogens is 332 g/mol. The third-order valence-corrected chi connectivity index (χ3v) is 4.67. The summed E-state index contributed by atoms with van der Waals surface area (Å²) >= 11 is 0. The highest BCUT2D eigenvalue weighted by molar-refractivity contribution is 5.87. The van der Waals surface area contributed by atoms with E-state index >= 15 is 0 Å². The summed E-state index contributed by atoms with van der Waals surface area (Å²) in [5.74, 6) is 0.857. The van der Waals surface area contributed by atoms with E-state index in [0.29, 0.717) is 17.6 Å². The lowest BCUT2D eigenvalue weighted by Gasteiger charge is -2.32. The Kier molecular flexibility index (Phi) is 4.39. The van der Waals surface area contributed by atoms with Gasteiger partial charge in [-0.05, 0) is 37.3 Å². The second kappa shape index (κ2) is 6.99. The van der Waals surface area contributed by atoms with Crippen LogP contribution >= 0.6 is 0 Å². The van der Waals surface area contributed by atoms with Crippen molar-refractivity contribution in [1.29, 1.82) is 0 Å². The normalized spacial score (nSPS) is 17.4. The predicted molar refractivity (Wildman–Crippen MR) is 96.9 cm³/mol. The fourth-order valence-corrected chi connectivity index (χ4v) is 3.45. The van der Waals surface area contributed by atoms with Gasteiger partial charge in [-0.15, -0.1) is 0 Å². The van der Waals surface area contributed by atoms with Crippen molar-refractivity contribution in [2.75, 3.05) is 18.4 Å². The lowest BCUT2D eigenvalue weighted by atomic mass is 9.92. The van der Waals surface area contributed by atoms with E-state index in [1.54, 1.807) is 6.20 Å². The standard InChI is InChI=1S/C18H20N6O2/c1-2-16(25)24-7-3-4-12(10-24)8-15-14-5-6-19-17(14)23-18(22-15)21-13-9-20-26-11-13/h2,5-6,9,11-12H,1,3-4,7-8,10H2,(H2,19,21,22,23). The molecule has 1 amide bonds. The molecule has 1 aliphatic rings. The number of amides is 1. The summed E-state index contributed by atoms with van der Waals surface area (Å²) in [6.45, 7) is 5.12. The number of H-pyrrole nitrogens is 1. The zero-order chi connectivity index (χ0) is 17.9. The minimum absolute atomic E-state index is 0.000933. The number of anilines is 2. The van der Waals surface area contributed by atoms with Crippen LogP contribution in [0.15, 0.2) is 41.9 Å². The van der Waals surface area contributed by atoms with Gasteiger partial charge in [0.05, 0.1) is 11.9 Å². The highest BCUT2D eigenvalue weighted by atomic mass is 16.5. The number of nitrogens with one attached hydrogen (secondary N) is 2. The van der Waals surface area contributed by atoms with Crippen molar-refractivity contribution in [3.8, 4) is 0 Å². The van der Waals surface area contributed by atoms with Gasteiger partial charge in [0.1, 0.15) is 17.6 Å². The molecule has 4 rings (SSSR count). The molecule has 0 saturated carbocycles. The Morgan fingerprint density at radius 2 is 2.42 bits per heavy atom. The fourth-order valence-electron chi connectivity index (χ4n) is 3.45. The number of piperidine rings is 1. The quantitative estimate of drug-likeness (QED) is 0.685. The number of rotatable bonds is 5. The van der Waals surface area contributed by atoms with Crippen molar-refractivity contribution in [2.45, 2.75) is 19.3 Å². The van der Waals surface area contributed by atoms with Gasteiger partial charge in [-0.3, -0.25) is 4.79 Å². The highest BCUT2D eigenvalue weighted by Gasteiger charge is 2.24. The Morgan fingerprint density at radius 1 is 1.50 bits per heavy atom. The van der Waals surface area contributed by atoms with E-state index in [9.17, 15) is 4.79 Å². The van der Waals surface area contributed by atoms with Crippen molar-refractivity contribution in [3.63, 3.8) is 0 Å². The van der Waals surface area contributed by atoms with Crippen LogP contribution in [0.2, 0.25) is 0 Å². The number of aromatic nitrogens is 4. The van der Waals surface area contributed by atoms with E-state index < -0.39 is 0 Å². The van der Waals surface area contributed by atoms with Gasteiger partial charge in [-0.2, -0.15) is 4.98 Å². The molecule has 0 aliphatic carbocycles. The molecule has 3 aromatic rings. The number of carbonyl (C=O) groups excluding carboxylic acids is 1. The van der Waals surface area contributed by atoms with E-state index in [1.807, 2.05) is 17.2 Å². The lowest BCUT2D eigenvalue weighted by Crippen LogP contribution is -2.39. The first kappa shape index (κ1) is 16.3. The molecule has 8 nitrogen and oxygen atoms in total. The average Bonchev–Trinajstić information content (AvgIpc) is 3.33. The van der Waals surface area contributed by atoms with Crippen LogP contribution in [0.4, 0.5) is 11.6 Å². The van der Waals surface area contributed by atoms with Crippen LogP contribution in [0, 0.1) is 5.92 Å². The molecule has 8 heteroatoms. The molecule has 1 aliphatic heterocycles. The molecule has 1 saturated heterocycles. The zero-order valence-electron chi connectivity index (χ0n) is 14.3. The number of fused-ring (bicyclic) bond motifs is 1. The first-order valence-corrected chi connectivity index (χ1v) is 8.64. The molecule has 1 fully saturated rings. The van der Waals surface area contributed by atoms with Crippen LogP contribution in [0.3, 0.4) is 0 Å². The molecular formula is C18H20N6O2. The first-order chi connectivity index (χ1) is 12.7. The second-order valence-corrected chi connectivity index (χ2v) is 6.47. The maximum absolute atomic E-state index is 11.9. The number of likely N-dealkylation sites (tertiary alicyclic amines) is 1. The lowest BCUT2D eigenvalue weighted by molar-refractivity contribution is -0.127. The number of hydrogen-bond acceptors (Lipinski definition) is 6. The average molecular weight is 352 g/mol. The molecule has 1 atom stereocenters. The number of hydrogen-bond donors (Lipinski definition) is 2. The number of carbonyl (C=O) groups is 1. The zero-order valence-corrected chi connectivity index (χ0v) is 14.3. The van der Waals surface area contributed by atoms with Crippen LogP contribution < -0.4 is 5.32 Å². The summed E-state index contributed by atoms with van der Waals surface area (Å²) in [4.78, 5) is 26.1. The summed E-state index contributed by atoms with van der Waals surface area (Å²) in [6, 6.07) is 1.99. The molecule has 0 bridgehead atoms. The van der Waals surface area contributed by atoms with E-state index in [0.717, 1.165) is 49.1 Å². The maximum Gasteiger partial charge on any atom is 0.245 e. The highest BCUT2D eigenvalue weighted by Crippen LogP contribution is 2.25. The van der Waals surface area contributed by atoms with Crippen LogP contribution in [0.25, 0.3) is 11.0 Å². The first-order valence-electron chi connectivity index (χ1n) is 8.64. The Balaban J connectivity index is 1.58. The third kappa shape index (κ3) is 3.30. The molecule has 4 heterocycles. The Morgan fingerprint density at radius 3 is 3.23 bits per heavy atom. The van der Waals surface area contributed by atoms with Gasteiger partial charge in [0.15, 0.2) is 0 Å². The number of nitrogens with zero attached hydrogens (tertiary/aromatic N) is 4. The third-order valence-electron chi connectivity index (χ3n) is 4.67. The Bertz CT molecular complexity index is 917. The minimum atomic E-state index is -0.000933. The van der Waals surface area contributed by atoms with Crippen molar-refractivity contribution in [3.05, 3.63) is 43.1 Å². The smallest absolute Gasteiger partial charge is 0.245 e. The summed E-state index contributed by atoms with van der Waals surface area (Å²) < 4.78 is 4.83. The van der Waals surface area contributed by atoms with Gasteiger partial charge in [0.2, 0.25) is 11.9 Å². The Labute approximate surface area is 150 Å². The van der Waals surface area contributed by atoms with Gasteiger partial charge in [0, 0.05) is 24.7 Å². The van der Waals surface area contributed by atoms with E-state index in [2.05, 4.69) is 27.0 Å². The molecule has 2 N–H and O–H groups in total. The summed E-state index contributed by atoms with van der Waals surface area (Å²) in [5.41, 5.74) is 2.44. The van der Waals surface area contributed by atoms with E-state index in [4.69, 9.17) is 9.51 Å². The van der Waals surface area contributed by atoms with Crippen molar-refractivity contribution in [1.82, 2.24) is 25.0 Å². The van der Waals surface area contributed by atoms with Gasteiger partial charge in [-0.1, -0.05) is 11.7 Å². The molecule has 3 aromatic heterocycles. The molecule has 134 valence electrons. The minimum Gasteiger partial charge on any atom is -0.363 e. The molecule has 0 spiro atoms. The summed E-state index contributed by atoms with van der Waals surface area (Å²) in [6.07, 6.45) is 9.18. The Hall–Kier alpha value is -3.16. The molecule has 0 radical (unpaired) electrons. The van der Waals surface area contributed by atoms with Crippen molar-refractivity contribution in [2.24, 2.45) is 5.92 Å². The second-order valence-electron chi connectivity index (χ2n) is 6.47. The van der Waals surface area contributed by atoms with Crippen LogP contribution in [-0.4, -0.2) is 44.0 Å². The van der Waals surface area contributed by atoms with Crippen molar-refractivity contribution < 1.29 is 9.32 Å². The van der Waals surface area contributed by atoms with Crippen molar-refractivity contribution >= 4 is 28.6 Å². The largest absolute Gasteiger partial charge is 0.363 e. The van der Waals surface area contributed by atoms with Crippen LogP contribution in [0.5, 0.6) is 0 Å². The topological polar surface area (TPSA) is 99.9 Å². The summed E-state index contributed by atoms with van der Waals surface area (Å²) in [7, 11) is 0. The van der Waals surface area contributed by atoms with Crippen LogP contribution in [0.1, 0.15) is 18.5 Å². The number of aromatic amines is 1. The monoisotopic (exact) mass is 352 g/mol. The SMILES string of the molecule is C=CC(=O)N1CCCC(Cc2nc(Nc3cnoc3)nc3[nH]ccc23)C1. The fraction of sp³-hybridized carbons (Fsp3) is 0.333. The summed E-state index contributed by atoms with van der Waals surface area (Å²) in [5, 5.41) is 7.78. The molecule has 1 unspecified atom stereocenters. The maximum atomic E-state index is 11.9. The van der Waals surface area contributed by atoms with Gasteiger partial charge in [-0.25, -0.2) is 4.98 Å². The van der Waals surface area contributed by atoms with Gasteiger partial charge >= 0.3 is 0 Å².